The summed E-state index contributed by atoms with van der Waals surface area (Å²) in [6, 6.07) is 9.49. The Balaban J connectivity index is 1.64. The lowest BCUT2D eigenvalue weighted by molar-refractivity contribution is 0.0196. The second-order valence-electron chi connectivity index (χ2n) is 6.36. The molecule has 0 bridgehead atoms. The van der Waals surface area contributed by atoms with Gasteiger partial charge in [0, 0.05) is 31.5 Å². The molecule has 0 atom stereocenters. The van der Waals surface area contributed by atoms with E-state index in [1.807, 2.05) is 19.1 Å². The molecule has 0 saturated carbocycles. The minimum Gasteiger partial charge on any atom is -0.461 e. The summed E-state index contributed by atoms with van der Waals surface area (Å²) in [5.41, 5.74) is 3.69. The van der Waals surface area contributed by atoms with Crippen molar-refractivity contribution >= 4 is 17.5 Å². The van der Waals surface area contributed by atoms with E-state index in [0.29, 0.717) is 18.0 Å². The number of hydrogen-bond donors (Lipinski definition) is 1. The highest BCUT2D eigenvalue weighted by molar-refractivity contribution is 5.95. The number of nitrogens with one attached hydrogen (secondary N) is 1. The molecule has 3 rings (SSSR count). The number of hydrogen-bond acceptors (Lipinski definition) is 6. The number of aromatic nitrogens is 1. The molecule has 6 heteroatoms. The van der Waals surface area contributed by atoms with Crippen LogP contribution >= 0.6 is 0 Å². The fourth-order valence-electron chi connectivity index (χ4n) is 2.85. The average molecular weight is 355 g/mol. The number of carbonyl (C=O) groups excluding carboxylic acids is 1. The summed E-state index contributed by atoms with van der Waals surface area (Å²) in [7, 11) is 0. The molecule has 0 amide bonds. The van der Waals surface area contributed by atoms with Crippen molar-refractivity contribution in [3.8, 4) is 0 Å². The standard InChI is InChI=1S/C20H25N3O3/c1-15-5-3-7-18(16(15)2)22-19-17(6-4-8-21-19)20(24)26-14-11-23-9-12-25-13-10-23/h3-8H,9-14H2,1-2H3,(H,21,22). The highest BCUT2D eigenvalue weighted by atomic mass is 16.5. The Hall–Kier alpha value is -2.44. The topological polar surface area (TPSA) is 63.7 Å². The fourth-order valence-corrected chi connectivity index (χ4v) is 2.85. The summed E-state index contributed by atoms with van der Waals surface area (Å²) >= 11 is 0. The van der Waals surface area contributed by atoms with E-state index in [0.717, 1.165) is 44.1 Å². The lowest BCUT2D eigenvalue weighted by Gasteiger charge is -2.26. The van der Waals surface area contributed by atoms with Gasteiger partial charge in [-0.05, 0) is 43.2 Å². The van der Waals surface area contributed by atoms with E-state index in [1.54, 1.807) is 18.3 Å². The predicted octanol–water partition coefficient (Wildman–Crippen LogP) is 2.93. The Bertz CT molecular complexity index is 758. The summed E-state index contributed by atoms with van der Waals surface area (Å²) < 4.78 is 10.8. The lowest BCUT2D eigenvalue weighted by Crippen LogP contribution is -2.38. The van der Waals surface area contributed by atoms with E-state index in [2.05, 4.69) is 28.2 Å². The molecule has 1 aromatic heterocycles. The van der Waals surface area contributed by atoms with Gasteiger partial charge in [0.15, 0.2) is 0 Å². The first-order chi connectivity index (χ1) is 12.6. The Morgan fingerprint density at radius 1 is 1.23 bits per heavy atom. The van der Waals surface area contributed by atoms with Crippen molar-refractivity contribution in [1.29, 1.82) is 0 Å². The molecular weight excluding hydrogens is 330 g/mol. The molecule has 2 heterocycles. The Kier molecular flexibility index (Phi) is 6.20. The molecule has 0 radical (unpaired) electrons. The van der Waals surface area contributed by atoms with Gasteiger partial charge in [0.1, 0.15) is 18.0 Å². The van der Waals surface area contributed by atoms with Crippen LogP contribution < -0.4 is 5.32 Å². The predicted molar refractivity (Wildman–Crippen MR) is 101 cm³/mol. The van der Waals surface area contributed by atoms with Gasteiger partial charge in [-0.15, -0.1) is 0 Å². The van der Waals surface area contributed by atoms with E-state index >= 15 is 0 Å². The largest absolute Gasteiger partial charge is 0.461 e. The van der Waals surface area contributed by atoms with E-state index in [1.165, 1.54) is 5.56 Å². The molecule has 1 fully saturated rings. The van der Waals surface area contributed by atoms with Gasteiger partial charge < -0.3 is 14.8 Å². The molecule has 0 unspecified atom stereocenters. The van der Waals surface area contributed by atoms with Gasteiger partial charge in [-0.2, -0.15) is 0 Å². The number of pyridine rings is 1. The number of rotatable bonds is 6. The van der Waals surface area contributed by atoms with Crippen LogP contribution in [0.4, 0.5) is 11.5 Å². The van der Waals surface area contributed by atoms with Gasteiger partial charge in [0.05, 0.1) is 13.2 Å². The molecule has 1 saturated heterocycles. The number of anilines is 2. The molecule has 1 aliphatic heterocycles. The quantitative estimate of drug-likeness (QED) is 0.804. The SMILES string of the molecule is Cc1cccc(Nc2ncccc2C(=O)OCCN2CCOCC2)c1C. The Labute approximate surface area is 154 Å². The monoisotopic (exact) mass is 355 g/mol. The maximum Gasteiger partial charge on any atom is 0.341 e. The van der Waals surface area contributed by atoms with Gasteiger partial charge in [0.2, 0.25) is 0 Å². The zero-order valence-corrected chi connectivity index (χ0v) is 15.3. The number of aryl methyl sites for hydroxylation is 1. The van der Waals surface area contributed by atoms with Crippen LogP contribution in [0.3, 0.4) is 0 Å². The molecule has 1 N–H and O–H groups in total. The van der Waals surface area contributed by atoms with E-state index < -0.39 is 0 Å². The summed E-state index contributed by atoms with van der Waals surface area (Å²) in [6.45, 7) is 8.40. The molecule has 0 spiro atoms. The third-order valence-corrected chi connectivity index (χ3v) is 4.63. The van der Waals surface area contributed by atoms with Crippen molar-refractivity contribution in [1.82, 2.24) is 9.88 Å². The van der Waals surface area contributed by atoms with Crippen LogP contribution in [0.1, 0.15) is 21.5 Å². The van der Waals surface area contributed by atoms with Crippen molar-refractivity contribution < 1.29 is 14.3 Å². The summed E-state index contributed by atoms with van der Waals surface area (Å²) in [5, 5.41) is 3.26. The van der Waals surface area contributed by atoms with Gasteiger partial charge in [-0.25, -0.2) is 9.78 Å². The van der Waals surface area contributed by atoms with Gasteiger partial charge in [-0.3, -0.25) is 4.90 Å². The zero-order valence-electron chi connectivity index (χ0n) is 15.3. The molecule has 6 nitrogen and oxygen atoms in total. The van der Waals surface area contributed by atoms with Gasteiger partial charge in [0.25, 0.3) is 0 Å². The summed E-state index contributed by atoms with van der Waals surface area (Å²) in [5.74, 6) is 0.150. The smallest absolute Gasteiger partial charge is 0.341 e. The molecule has 1 aliphatic rings. The fraction of sp³-hybridized carbons (Fsp3) is 0.400. The number of esters is 1. The van der Waals surface area contributed by atoms with Crippen molar-refractivity contribution in [2.24, 2.45) is 0 Å². The molecule has 1 aromatic carbocycles. The van der Waals surface area contributed by atoms with Crippen LogP contribution in [-0.4, -0.2) is 55.3 Å². The molecule has 138 valence electrons. The number of carbonyl (C=O) groups is 1. The number of benzene rings is 1. The third kappa shape index (κ3) is 4.59. The van der Waals surface area contributed by atoms with Crippen molar-refractivity contribution in [3.63, 3.8) is 0 Å². The van der Waals surface area contributed by atoms with Crippen molar-refractivity contribution in [2.75, 3.05) is 44.8 Å². The molecule has 0 aliphatic carbocycles. The highest BCUT2D eigenvalue weighted by Crippen LogP contribution is 2.24. The first-order valence-electron chi connectivity index (χ1n) is 8.90. The number of nitrogens with zero attached hydrogens (tertiary/aromatic N) is 2. The minimum atomic E-state index is -0.362. The van der Waals surface area contributed by atoms with Gasteiger partial charge >= 0.3 is 5.97 Å². The Morgan fingerprint density at radius 2 is 2.04 bits per heavy atom. The third-order valence-electron chi connectivity index (χ3n) is 4.63. The van der Waals surface area contributed by atoms with Crippen molar-refractivity contribution in [3.05, 3.63) is 53.2 Å². The molecule has 26 heavy (non-hydrogen) atoms. The van der Waals surface area contributed by atoms with Crippen LogP contribution in [0.15, 0.2) is 36.5 Å². The summed E-state index contributed by atoms with van der Waals surface area (Å²) in [4.78, 5) is 19.1. The normalized spacial score (nSPS) is 14.8. The second-order valence-corrected chi connectivity index (χ2v) is 6.36. The molecule has 2 aromatic rings. The van der Waals surface area contributed by atoms with Gasteiger partial charge in [-0.1, -0.05) is 12.1 Å². The first kappa shape index (κ1) is 18.4. The summed E-state index contributed by atoms with van der Waals surface area (Å²) in [6.07, 6.45) is 1.66. The van der Waals surface area contributed by atoms with E-state index in [4.69, 9.17) is 9.47 Å². The maximum absolute atomic E-state index is 12.5. The van der Waals surface area contributed by atoms with Crippen LogP contribution in [0.25, 0.3) is 0 Å². The first-order valence-corrected chi connectivity index (χ1v) is 8.90. The Morgan fingerprint density at radius 3 is 2.85 bits per heavy atom. The second kappa shape index (κ2) is 8.78. The number of morpholine rings is 1. The van der Waals surface area contributed by atoms with Crippen LogP contribution in [0.2, 0.25) is 0 Å². The number of ether oxygens (including phenoxy) is 2. The average Bonchev–Trinajstić information content (AvgIpc) is 2.67. The highest BCUT2D eigenvalue weighted by Gasteiger charge is 2.16. The van der Waals surface area contributed by atoms with Crippen LogP contribution in [0.5, 0.6) is 0 Å². The van der Waals surface area contributed by atoms with E-state index in [9.17, 15) is 4.79 Å². The lowest BCUT2D eigenvalue weighted by atomic mass is 10.1. The minimum absolute atomic E-state index is 0.358. The van der Waals surface area contributed by atoms with Crippen LogP contribution in [0, 0.1) is 13.8 Å². The van der Waals surface area contributed by atoms with E-state index in [-0.39, 0.29) is 5.97 Å². The zero-order chi connectivity index (χ0) is 18.4. The van der Waals surface area contributed by atoms with Crippen LogP contribution in [-0.2, 0) is 9.47 Å². The maximum atomic E-state index is 12.5. The molecular formula is C20H25N3O3. The van der Waals surface area contributed by atoms with Crippen molar-refractivity contribution in [2.45, 2.75) is 13.8 Å².